The molecular weight excluding hydrogens is 236 g/mol. The first-order chi connectivity index (χ1) is 9.28. The van der Waals surface area contributed by atoms with Crippen LogP contribution in [0.3, 0.4) is 0 Å². The summed E-state index contributed by atoms with van der Waals surface area (Å²) in [5.41, 5.74) is 5.94. The number of hydrogen-bond acceptors (Lipinski definition) is 4. The summed E-state index contributed by atoms with van der Waals surface area (Å²) in [6, 6.07) is 10.3. The maximum atomic E-state index is 5.94. The fraction of sp³-hybridized carbons (Fsp3) is 0.400. The quantitative estimate of drug-likeness (QED) is 0.892. The Morgan fingerprint density at radius 2 is 1.89 bits per heavy atom. The van der Waals surface area contributed by atoms with Gasteiger partial charge in [0.05, 0.1) is 0 Å². The molecule has 1 saturated heterocycles. The highest BCUT2D eigenvalue weighted by Gasteiger charge is 2.18. The molecule has 0 radical (unpaired) electrons. The molecule has 19 heavy (non-hydrogen) atoms. The van der Waals surface area contributed by atoms with Crippen LogP contribution in [0.2, 0.25) is 0 Å². The van der Waals surface area contributed by atoms with Crippen LogP contribution in [0.5, 0.6) is 0 Å². The Morgan fingerprint density at radius 1 is 1.16 bits per heavy atom. The van der Waals surface area contributed by atoms with E-state index >= 15 is 0 Å². The second-order valence-electron chi connectivity index (χ2n) is 5.01. The lowest BCUT2D eigenvalue weighted by atomic mass is 10.1. The van der Waals surface area contributed by atoms with E-state index in [1.807, 2.05) is 12.1 Å². The lowest BCUT2D eigenvalue weighted by molar-refractivity contribution is 0.271. The second kappa shape index (κ2) is 5.05. The van der Waals surface area contributed by atoms with E-state index in [4.69, 9.17) is 5.73 Å². The van der Waals surface area contributed by atoms with Gasteiger partial charge >= 0.3 is 0 Å². The summed E-state index contributed by atoms with van der Waals surface area (Å²) in [4.78, 5) is 9.38. The summed E-state index contributed by atoms with van der Waals surface area (Å²) >= 11 is 0. The van der Waals surface area contributed by atoms with Gasteiger partial charge in [-0.2, -0.15) is 0 Å². The number of rotatable bonds is 2. The summed E-state index contributed by atoms with van der Waals surface area (Å²) in [7, 11) is 0. The van der Waals surface area contributed by atoms with E-state index in [0.29, 0.717) is 5.82 Å². The lowest BCUT2D eigenvalue weighted by Gasteiger charge is -2.35. The van der Waals surface area contributed by atoms with E-state index < -0.39 is 0 Å². The number of nitrogen functional groups attached to an aromatic ring is 1. The second-order valence-corrected chi connectivity index (χ2v) is 5.01. The summed E-state index contributed by atoms with van der Waals surface area (Å²) in [6.07, 6.45) is 0. The van der Waals surface area contributed by atoms with Gasteiger partial charge in [0.15, 0.2) is 0 Å². The molecule has 0 spiro atoms. The first-order valence-corrected chi connectivity index (χ1v) is 6.90. The highest BCUT2D eigenvalue weighted by atomic mass is 15.3. The average molecular weight is 256 g/mol. The Balaban J connectivity index is 1.96. The zero-order valence-corrected chi connectivity index (χ0v) is 11.3. The zero-order chi connectivity index (χ0) is 13.2. The van der Waals surface area contributed by atoms with Crippen LogP contribution in [0, 0.1) is 0 Å². The molecule has 2 heterocycles. The third kappa shape index (κ3) is 2.36. The van der Waals surface area contributed by atoms with Gasteiger partial charge in [-0.05, 0) is 18.0 Å². The largest absolute Gasteiger partial charge is 0.384 e. The molecule has 0 saturated carbocycles. The number of fused-ring (bicyclic) bond motifs is 1. The molecule has 0 amide bonds. The first-order valence-electron chi connectivity index (χ1n) is 6.90. The maximum Gasteiger partial charge on any atom is 0.138 e. The van der Waals surface area contributed by atoms with Crippen LogP contribution < -0.4 is 10.6 Å². The van der Waals surface area contributed by atoms with Crippen LogP contribution in [0.1, 0.15) is 6.92 Å². The molecule has 0 bridgehead atoms. The molecule has 1 aliphatic heterocycles. The third-order valence-corrected chi connectivity index (χ3v) is 3.86. The Kier molecular flexibility index (Phi) is 3.25. The molecule has 1 aliphatic rings. The van der Waals surface area contributed by atoms with Crippen molar-refractivity contribution >= 4 is 22.4 Å². The fourth-order valence-corrected chi connectivity index (χ4v) is 2.72. The van der Waals surface area contributed by atoms with Gasteiger partial charge in [0, 0.05) is 31.6 Å². The number of piperazine rings is 1. The fourth-order valence-electron chi connectivity index (χ4n) is 2.72. The molecule has 0 unspecified atom stereocenters. The minimum atomic E-state index is 0.603. The van der Waals surface area contributed by atoms with Crippen molar-refractivity contribution in [3.05, 3.63) is 30.3 Å². The number of benzene rings is 1. The summed E-state index contributed by atoms with van der Waals surface area (Å²) < 4.78 is 0. The summed E-state index contributed by atoms with van der Waals surface area (Å²) in [6.45, 7) is 7.58. The normalized spacial score (nSPS) is 17.0. The van der Waals surface area contributed by atoms with Crippen LogP contribution in [0.25, 0.3) is 10.8 Å². The lowest BCUT2D eigenvalue weighted by Crippen LogP contribution is -2.46. The number of pyridine rings is 1. The molecule has 0 atom stereocenters. The SMILES string of the molecule is CCN1CCN(c2nc(N)cc3ccccc23)CC1. The monoisotopic (exact) mass is 256 g/mol. The molecule has 1 fully saturated rings. The Hall–Kier alpha value is -1.81. The van der Waals surface area contributed by atoms with Crippen molar-refractivity contribution < 1.29 is 0 Å². The minimum Gasteiger partial charge on any atom is -0.384 e. The molecule has 2 aromatic rings. The Labute approximate surface area is 113 Å². The van der Waals surface area contributed by atoms with E-state index in [1.165, 1.54) is 10.8 Å². The molecule has 0 aliphatic carbocycles. The van der Waals surface area contributed by atoms with E-state index in [2.05, 4.69) is 39.9 Å². The van der Waals surface area contributed by atoms with E-state index in [9.17, 15) is 0 Å². The van der Waals surface area contributed by atoms with Crippen LogP contribution in [0.15, 0.2) is 30.3 Å². The van der Waals surface area contributed by atoms with Gasteiger partial charge in [-0.25, -0.2) is 4.98 Å². The summed E-state index contributed by atoms with van der Waals surface area (Å²) in [5.74, 6) is 1.64. The van der Waals surface area contributed by atoms with Crippen molar-refractivity contribution in [3.63, 3.8) is 0 Å². The van der Waals surface area contributed by atoms with Gasteiger partial charge in [0.25, 0.3) is 0 Å². The van der Waals surface area contributed by atoms with Gasteiger partial charge in [-0.3, -0.25) is 0 Å². The first kappa shape index (κ1) is 12.2. The van der Waals surface area contributed by atoms with E-state index in [-0.39, 0.29) is 0 Å². The smallest absolute Gasteiger partial charge is 0.138 e. The highest BCUT2D eigenvalue weighted by Crippen LogP contribution is 2.27. The topological polar surface area (TPSA) is 45.4 Å². The molecular formula is C15H20N4. The molecule has 1 aromatic carbocycles. The summed E-state index contributed by atoms with van der Waals surface area (Å²) in [5, 5.41) is 2.37. The average Bonchev–Trinajstić information content (AvgIpc) is 2.46. The van der Waals surface area contributed by atoms with Gasteiger partial charge in [0.1, 0.15) is 11.6 Å². The Bertz CT molecular complexity index is 573. The van der Waals surface area contributed by atoms with Gasteiger partial charge < -0.3 is 15.5 Å². The highest BCUT2D eigenvalue weighted by molar-refractivity contribution is 5.94. The van der Waals surface area contributed by atoms with Crippen molar-refractivity contribution in [2.45, 2.75) is 6.92 Å². The Morgan fingerprint density at radius 3 is 2.63 bits per heavy atom. The van der Waals surface area contributed by atoms with Crippen molar-refractivity contribution in [2.75, 3.05) is 43.4 Å². The van der Waals surface area contributed by atoms with Gasteiger partial charge in [-0.15, -0.1) is 0 Å². The van der Waals surface area contributed by atoms with Crippen molar-refractivity contribution in [1.82, 2.24) is 9.88 Å². The number of nitrogens with zero attached hydrogens (tertiary/aromatic N) is 3. The van der Waals surface area contributed by atoms with E-state index in [0.717, 1.165) is 38.5 Å². The van der Waals surface area contributed by atoms with Gasteiger partial charge in [0.2, 0.25) is 0 Å². The molecule has 4 heteroatoms. The maximum absolute atomic E-state index is 5.94. The molecule has 100 valence electrons. The third-order valence-electron chi connectivity index (χ3n) is 3.86. The van der Waals surface area contributed by atoms with Gasteiger partial charge in [-0.1, -0.05) is 31.2 Å². The number of hydrogen-bond donors (Lipinski definition) is 1. The predicted molar refractivity (Wildman–Crippen MR) is 80.5 cm³/mol. The predicted octanol–water partition coefficient (Wildman–Crippen LogP) is 1.96. The van der Waals surface area contributed by atoms with E-state index in [1.54, 1.807) is 0 Å². The number of likely N-dealkylation sites (N-methyl/N-ethyl adjacent to an activating group) is 1. The zero-order valence-electron chi connectivity index (χ0n) is 11.3. The number of aromatic nitrogens is 1. The van der Waals surface area contributed by atoms with Crippen LogP contribution in [0.4, 0.5) is 11.6 Å². The minimum absolute atomic E-state index is 0.603. The van der Waals surface area contributed by atoms with Crippen LogP contribution in [-0.2, 0) is 0 Å². The molecule has 1 aromatic heterocycles. The van der Waals surface area contributed by atoms with Crippen LogP contribution >= 0.6 is 0 Å². The molecule has 2 N–H and O–H groups in total. The molecule has 4 nitrogen and oxygen atoms in total. The number of nitrogens with two attached hydrogens (primary N) is 1. The van der Waals surface area contributed by atoms with Crippen molar-refractivity contribution in [2.24, 2.45) is 0 Å². The molecule has 3 rings (SSSR count). The van der Waals surface area contributed by atoms with Crippen molar-refractivity contribution in [3.8, 4) is 0 Å². The van der Waals surface area contributed by atoms with Crippen molar-refractivity contribution in [1.29, 1.82) is 0 Å². The van der Waals surface area contributed by atoms with Crippen LogP contribution in [-0.4, -0.2) is 42.6 Å². The number of anilines is 2. The standard InChI is InChI=1S/C15H20N4/c1-2-18-7-9-19(10-8-18)15-13-6-4-3-5-12(13)11-14(16)17-15/h3-6,11H,2,7-10H2,1H3,(H2,16,17).